The Hall–Kier alpha value is -1.78. The number of carbonyl (C=O) groups excluding carboxylic acids is 1. The summed E-state index contributed by atoms with van der Waals surface area (Å²) in [5, 5.41) is 6.23. The van der Waals surface area contributed by atoms with Gasteiger partial charge in [0.1, 0.15) is 0 Å². The van der Waals surface area contributed by atoms with E-state index < -0.39 is 0 Å². The summed E-state index contributed by atoms with van der Waals surface area (Å²) < 4.78 is 5.25. The fourth-order valence-corrected chi connectivity index (χ4v) is 1.90. The molecular formula is C12H17N3O2. The van der Waals surface area contributed by atoms with Gasteiger partial charge in [-0.05, 0) is 19.4 Å². The lowest BCUT2D eigenvalue weighted by molar-refractivity contribution is -0.122. The number of aryl methyl sites for hydroxylation is 1. The zero-order chi connectivity index (χ0) is 12.3. The molecule has 0 bridgehead atoms. The lowest BCUT2D eigenvalue weighted by atomic mass is 10.1. The van der Waals surface area contributed by atoms with Gasteiger partial charge >= 0.3 is 0 Å². The molecule has 17 heavy (non-hydrogen) atoms. The summed E-state index contributed by atoms with van der Waals surface area (Å²) in [6.07, 6.45) is 3.12. The number of methoxy groups -OCH3 is 1. The zero-order valence-electron chi connectivity index (χ0n) is 10.1. The molecule has 0 spiro atoms. The van der Waals surface area contributed by atoms with E-state index in [1.165, 1.54) is 0 Å². The van der Waals surface area contributed by atoms with Gasteiger partial charge in [0.25, 0.3) is 0 Å². The van der Waals surface area contributed by atoms with Crippen molar-refractivity contribution < 1.29 is 9.53 Å². The molecule has 0 aliphatic carbocycles. The molecule has 2 rings (SSSR count). The van der Waals surface area contributed by atoms with Crippen LogP contribution in [-0.4, -0.2) is 30.6 Å². The van der Waals surface area contributed by atoms with Crippen LogP contribution in [0, 0.1) is 6.92 Å². The highest BCUT2D eigenvalue weighted by Gasteiger charge is 2.18. The van der Waals surface area contributed by atoms with Gasteiger partial charge in [0.05, 0.1) is 19.0 Å². The molecule has 0 aromatic carbocycles. The molecular weight excluding hydrogens is 218 g/mol. The van der Waals surface area contributed by atoms with Crippen molar-refractivity contribution in [3.63, 3.8) is 0 Å². The van der Waals surface area contributed by atoms with E-state index in [1.54, 1.807) is 13.3 Å². The SMILES string of the molecule is COc1cnc(C)cc1NC1CCC(=O)NC1. The van der Waals surface area contributed by atoms with Gasteiger partial charge < -0.3 is 15.4 Å². The van der Waals surface area contributed by atoms with E-state index in [0.717, 1.165) is 23.6 Å². The first-order valence-corrected chi connectivity index (χ1v) is 5.73. The van der Waals surface area contributed by atoms with E-state index in [4.69, 9.17) is 4.74 Å². The molecule has 5 heteroatoms. The van der Waals surface area contributed by atoms with Crippen LogP contribution in [0.4, 0.5) is 5.69 Å². The number of pyridine rings is 1. The van der Waals surface area contributed by atoms with Crippen molar-refractivity contribution in [3.05, 3.63) is 18.0 Å². The highest BCUT2D eigenvalue weighted by atomic mass is 16.5. The van der Waals surface area contributed by atoms with Gasteiger partial charge in [-0.15, -0.1) is 0 Å². The molecule has 1 saturated heterocycles. The van der Waals surface area contributed by atoms with Crippen LogP contribution in [0.3, 0.4) is 0 Å². The highest BCUT2D eigenvalue weighted by Crippen LogP contribution is 2.25. The van der Waals surface area contributed by atoms with Gasteiger partial charge in [0.2, 0.25) is 5.91 Å². The van der Waals surface area contributed by atoms with E-state index in [0.29, 0.717) is 13.0 Å². The van der Waals surface area contributed by atoms with Crippen LogP contribution in [0.15, 0.2) is 12.3 Å². The summed E-state index contributed by atoms with van der Waals surface area (Å²) in [5.41, 5.74) is 1.87. The Morgan fingerprint density at radius 3 is 3.06 bits per heavy atom. The van der Waals surface area contributed by atoms with Crippen molar-refractivity contribution in [2.75, 3.05) is 19.0 Å². The van der Waals surface area contributed by atoms with Crippen LogP contribution in [0.1, 0.15) is 18.5 Å². The average Bonchev–Trinajstić information content (AvgIpc) is 2.32. The third-order valence-electron chi connectivity index (χ3n) is 2.85. The fourth-order valence-electron chi connectivity index (χ4n) is 1.90. The Kier molecular flexibility index (Phi) is 3.46. The monoisotopic (exact) mass is 235 g/mol. The molecule has 1 atom stereocenters. The lowest BCUT2D eigenvalue weighted by Gasteiger charge is -2.25. The minimum atomic E-state index is 0.126. The second kappa shape index (κ2) is 5.03. The molecule has 0 radical (unpaired) electrons. The van der Waals surface area contributed by atoms with E-state index >= 15 is 0 Å². The lowest BCUT2D eigenvalue weighted by Crippen LogP contribution is -2.41. The van der Waals surface area contributed by atoms with E-state index in [1.807, 2.05) is 13.0 Å². The predicted molar refractivity (Wildman–Crippen MR) is 65.2 cm³/mol. The maximum absolute atomic E-state index is 11.1. The summed E-state index contributed by atoms with van der Waals surface area (Å²) in [6.45, 7) is 2.59. The number of carbonyl (C=O) groups is 1. The number of aromatic nitrogens is 1. The third-order valence-corrected chi connectivity index (χ3v) is 2.85. The van der Waals surface area contributed by atoms with E-state index in [-0.39, 0.29) is 11.9 Å². The van der Waals surface area contributed by atoms with Crippen molar-refractivity contribution in [2.45, 2.75) is 25.8 Å². The molecule has 1 aliphatic rings. The predicted octanol–water partition coefficient (Wildman–Crippen LogP) is 1.09. The molecule has 5 nitrogen and oxygen atoms in total. The Bertz CT molecular complexity index is 410. The number of amides is 1. The Morgan fingerprint density at radius 1 is 1.59 bits per heavy atom. The first-order chi connectivity index (χ1) is 8.19. The number of hydrogen-bond donors (Lipinski definition) is 2. The second-order valence-electron chi connectivity index (χ2n) is 4.21. The van der Waals surface area contributed by atoms with Crippen LogP contribution >= 0.6 is 0 Å². The van der Waals surface area contributed by atoms with Crippen LogP contribution in [0.25, 0.3) is 0 Å². The van der Waals surface area contributed by atoms with Gasteiger partial charge in [-0.3, -0.25) is 9.78 Å². The maximum Gasteiger partial charge on any atom is 0.220 e. The van der Waals surface area contributed by atoms with E-state index in [9.17, 15) is 4.79 Å². The summed E-state index contributed by atoms with van der Waals surface area (Å²) in [4.78, 5) is 15.2. The number of ether oxygens (including phenoxy) is 1. The number of hydrogen-bond acceptors (Lipinski definition) is 4. The quantitative estimate of drug-likeness (QED) is 0.823. The summed E-state index contributed by atoms with van der Waals surface area (Å²) in [7, 11) is 1.63. The highest BCUT2D eigenvalue weighted by molar-refractivity contribution is 5.77. The number of nitrogens with one attached hydrogen (secondary N) is 2. The molecule has 1 aliphatic heterocycles. The Morgan fingerprint density at radius 2 is 2.41 bits per heavy atom. The standard InChI is InChI=1S/C12H17N3O2/c1-8-5-10(11(17-2)7-13-8)15-9-3-4-12(16)14-6-9/h5,7,9H,3-4,6H2,1-2H3,(H,13,15)(H,14,16). The van der Waals surface area contributed by atoms with Gasteiger partial charge in [0, 0.05) is 24.7 Å². The molecule has 0 saturated carbocycles. The molecule has 1 amide bonds. The van der Waals surface area contributed by atoms with Gasteiger partial charge in [0.15, 0.2) is 5.75 Å². The third kappa shape index (κ3) is 2.87. The largest absolute Gasteiger partial charge is 0.493 e. The first kappa shape index (κ1) is 11.7. The number of nitrogens with zero attached hydrogens (tertiary/aromatic N) is 1. The number of piperidine rings is 1. The van der Waals surface area contributed by atoms with Gasteiger partial charge in [-0.2, -0.15) is 0 Å². The fraction of sp³-hybridized carbons (Fsp3) is 0.500. The van der Waals surface area contributed by atoms with Crippen LogP contribution in [-0.2, 0) is 4.79 Å². The second-order valence-corrected chi connectivity index (χ2v) is 4.21. The normalized spacial score (nSPS) is 19.6. The Balaban J connectivity index is 2.07. The van der Waals surface area contributed by atoms with Crippen molar-refractivity contribution >= 4 is 11.6 Å². The molecule has 1 fully saturated rings. The van der Waals surface area contributed by atoms with Gasteiger partial charge in [-0.1, -0.05) is 0 Å². The minimum absolute atomic E-state index is 0.126. The van der Waals surface area contributed by atoms with Crippen molar-refractivity contribution in [3.8, 4) is 5.75 Å². The first-order valence-electron chi connectivity index (χ1n) is 5.73. The van der Waals surface area contributed by atoms with Crippen LogP contribution in [0.2, 0.25) is 0 Å². The summed E-state index contributed by atoms with van der Waals surface area (Å²) in [6, 6.07) is 2.21. The molecule has 2 heterocycles. The molecule has 2 N–H and O–H groups in total. The number of anilines is 1. The topological polar surface area (TPSA) is 63.2 Å². The minimum Gasteiger partial charge on any atom is -0.493 e. The zero-order valence-corrected chi connectivity index (χ0v) is 10.1. The van der Waals surface area contributed by atoms with E-state index in [2.05, 4.69) is 15.6 Å². The molecule has 1 aromatic heterocycles. The molecule has 1 aromatic rings. The van der Waals surface area contributed by atoms with Crippen molar-refractivity contribution in [2.24, 2.45) is 0 Å². The maximum atomic E-state index is 11.1. The Labute approximate surface area is 101 Å². The number of rotatable bonds is 3. The average molecular weight is 235 g/mol. The molecule has 1 unspecified atom stereocenters. The van der Waals surface area contributed by atoms with Gasteiger partial charge in [-0.25, -0.2) is 0 Å². The van der Waals surface area contributed by atoms with Crippen molar-refractivity contribution in [1.82, 2.24) is 10.3 Å². The van der Waals surface area contributed by atoms with Crippen LogP contribution < -0.4 is 15.4 Å². The smallest absolute Gasteiger partial charge is 0.220 e. The molecule has 92 valence electrons. The van der Waals surface area contributed by atoms with Crippen molar-refractivity contribution in [1.29, 1.82) is 0 Å². The van der Waals surface area contributed by atoms with Crippen LogP contribution in [0.5, 0.6) is 5.75 Å². The summed E-state index contributed by atoms with van der Waals surface area (Å²) in [5.74, 6) is 0.855. The summed E-state index contributed by atoms with van der Waals surface area (Å²) >= 11 is 0.